The van der Waals surface area contributed by atoms with E-state index >= 15 is 0 Å². The second-order valence-electron chi connectivity index (χ2n) is 9.46. The highest BCUT2D eigenvalue weighted by Gasteiger charge is 2.39. The number of hydrogen-bond acceptors (Lipinski definition) is 11. The molecule has 12 heteroatoms. The largest absolute Gasteiger partial charge is 0.368 e. The number of nitrogens with two attached hydrogens (primary N) is 2. The van der Waals surface area contributed by atoms with Crippen LogP contribution in [0.2, 0.25) is 5.28 Å². The Bertz CT molecular complexity index is 1260. The van der Waals surface area contributed by atoms with E-state index in [2.05, 4.69) is 30.2 Å². The number of aromatic nitrogens is 3. The van der Waals surface area contributed by atoms with Gasteiger partial charge < -0.3 is 15.5 Å². The first-order chi connectivity index (χ1) is 16.9. The van der Waals surface area contributed by atoms with Crippen LogP contribution in [0.25, 0.3) is 10.2 Å². The van der Waals surface area contributed by atoms with Crippen molar-refractivity contribution in [3.8, 4) is 0 Å². The zero-order valence-corrected chi connectivity index (χ0v) is 21.2. The van der Waals surface area contributed by atoms with Crippen molar-refractivity contribution in [2.45, 2.75) is 44.4 Å². The molecule has 3 aromatic heterocycles. The van der Waals surface area contributed by atoms with Crippen LogP contribution in [-0.4, -0.2) is 58.0 Å². The number of nitrogens with one attached hydrogen (secondary N) is 1. The van der Waals surface area contributed by atoms with Crippen LogP contribution >= 0.6 is 22.9 Å². The van der Waals surface area contributed by atoms with E-state index in [1.165, 1.54) is 50.1 Å². The summed E-state index contributed by atoms with van der Waals surface area (Å²) < 4.78 is 0.854. The molecule has 6 rings (SSSR count). The number of piperidine rings is 1. The van der Waals surface area contributed by atoms with Gasteiger partial charge in [-0.3, -0.25) is 5.73 Å². The molecule has 3 aliphatic rings. The number of halogens is 1. The zero-order valence-electron chi connectivity index (χ0n) is 19.6. The van der Waals surface area contributed by atoms with Crippen LogP contribution in [0.4, 0.5) is 11.6 Å². The summed E-state index contributed by atoms with van der Waals surface area (Å²) in [5.74, 6) is 0.413. The minimum atomic E-state index is -1.27. The van der Waals surface area contributed by atoms with Gasteiger partial charge in [-0.15, -0.1) is 11.3 Å². The Morgan fingerprint density at radius 2 is 1.91 bits per heavy atom. The van der Waals surface area contributed by atoms with E-state index in [1.807, 2.05) is 24.4 Å². The van der Waals surface area contributed by atoms with Gasteiger partial charge >= 0.3 is 0 Å². The molecule has 0 aromatic carbocycles. The molecule has 0 saturated carbocycles. The third-order valence-corrected chi connectivity index (χ3v) is 8.45. The molecule has 3 aliphatic heterocycles. The Kier molecular flexibility index (Phi) is 5.76. The SMILES string of the molecule is Cc1csc2c(N3NC(N)(c4ccc(N5CCC(N6CCCC6)CC5)nc4)N=C3N)nc(Cl)nc12. The van der Waals surface area contributed by atoms with E-state index in [-0.39, 0.29) is 11.2 Å². The molecule has 1 unspecified atom stereocenters. The summed E-state index contributed by atoms with van der Waals surface area (Å²) in [6.45, 7) is 6.52. The molecule has 35 heavy (non-hydrogen) atoms. The van der Waals surface area contributed by atoms with Crippen LogP contribution in [0.15, 0.2) is 28.7 Å². The summed E-state index contributed by atoms with van der Waals surface area (Å²) in [6, 6.07) is 4.68. The van der Waals surface area contributed by atoms with Crippen molar-refractivity contribution in [2.24, 2.45) is 16.5 Å². The molecule has 0 spiro atoms. The third kappa shape index (κ3) is 4.11. The number of likely N-dealkylation sites (tertiary alicyclic amines) is 1. The molecule has 0 radical (unpaired) electrons. The molecular formula is C23H29ClN10S. The predicted octanol–water partition coefficient (Wildman–Crippen LogP) is 2.52. The average Bonchev–Trinajstić information content (AvgIpc) is 3.60. The van der Waals surface area contributed by atoms with Crippen molar-refractivity contribution in [3.63, 3.8) is 0 Å². The Labute approximate surface area is 213 Å². The number of hydrogen-bond donors (Lipinski definition) is 3. The van der Waals surface area contributed by atoms with Crippen LogP contribution < -0.4 is 26.8 Å². The van der Waals surface area contributed by atoms with Gasteiger partial charge in [0.05, 0.1) is 10.2 Å². The average molecular weight is 513 g/mol. The van der Waals surface area contributed by atoms with E-state index in [9.17, 15) is 0 Å². The van der Waals surface area contributed by atoms with Crippen molar-refractivity contribution in [3.05, 3.63) is 40.1 Å². The first-order valence-corrected chi connectivity index (χ1v) is 13.3. The van der Waals surface area contributed by atoms with Crippen molar-refractivity contribution in [2.75, 3.05) is 36.1 Å². The molecule has 6 heterocycles. The Hall–Kier alpha value is -2.57. The van der Waals surface area contributed by atoms with Crippen LogP contribution in [0.5, 0.6) is 0 Å². The lowest BCUT2D eigenvalue weighted by atomic mass is 10.0. The first-order valence-electron chi connectivity index (χ1n) is 12.0. The number of fused-ring (bicyclic) bond motifs is 1. The highest BCUT2D eigenvalue weighted by Crippen LogP contribution is 2.35. The van der Waals surface area contributed by atoms with Gasteiger partial charge in [0.2, 0.25) is 17.0 Å². The Morgan fingerprint density at radius 1 is 1.14 bits per heavy atom. The summed E-state index contributed by atoms with van der Waals surface area (Å²) in [6.07, 6.45) is 6.81. The van der Waals surface area contributed by atoms with Gasteiger partial charge in [0, 0.05) is 30.9 Å². The molecule has 2 fully saturated rings. The number of aryl methyl sites for hydroxylation is 1. The van der Waals surface area contributed by atoms with E-state index in [0.717, 1.165) is 34.7 Å². The van der Waals surface area contributed by atoms with Gasteiger partial charge in [0.25, 0.3) is 0 Å². The number of guanidine groups is 1. The highest BCUT2D eigenvalue weighted by molar-refractivity contribution is 7.18. The highest BCUT2D eigenvalue weighted by atomic mass is 35.5. The minimum Gasteiger partial charge on any atom is -0.368 e. The van der Waals surface area contributed by atoms with Gasteiger partial charge in [0.15, 0.2) is 5.82 Å². The van der Waals surface area contributed by atoms with Crippen LogP contribution in [-0.2, 0) is 5.79 Å². The summed E-state index contributed by atoms with van der Waals surface area (Å²) in [5, 5.41) is 3.72. The second kappa shape index (κ2) is 8.82. The van der Waals surface area contributed by atoms with Gasteiger partial charge in [-0.2, -0.15) is 10.4 Å². The van der Waals surface area contributed by atoms with Crippen LogP contribution in [0.3, 0.4) is 0 Å². The second-order valence-corrected chi connectivity index (χ2v) is 10.7. The standard InChI is InChI=1S/C23H29ClN10S/c1-14-13-35-19-18(14)28-21(24)29-20(19)34-22(25)30-23(26,31-34)15-4-5-17(27-12-15)33-10-6-16(7-11-33)32-8-2-3-9-32/h4-5,12-13,16,31H,2-3,6-11,26H2,1H3,(H2,25,30). The van der Waals surface area contributed by atoms with E-state index in [0.29, 0.717) is 17.4 Å². The smallest absolute Gasteiger partial charge is 0.225 e. The number of aliphatic imine (C=N–C) groups is 1. The Balaban J connectivity index is 1.19. The number of hydrazine groups is 1. The third-order valence-electron chi connectivity index (χ3n) is 7.20. The van der Waals surface area contributed by atoms with Crippen molar-refractivity contribution in [1.29, 1.82) is 0 Å². The molecule has 2 saturated heterocycles. The fraction of sp³-hybridized carbons (Fsp3) is 0.478. The lowest BCUT2D eigenvalue weighted by Gasteiger charge is -2.37. The first kappa shape index (κ1) is 22.9. The molecule has 5 N–H and O–H groups in total. The maximum absolute atomic E-state index is 6.65. The molecule has 184 valence electrons. The lowest BCUT2D eigenvalue weighted by molar-refractivity contribution is 0.207. The number of thiophene rings is 1. The fourth-order valence-electron chi connectivity index (χ4n) is 5.28. The van der Waals surface area contributed by atoms with Gasteiger partial charge in [0.1, 0.15) is 5.82 Å². The topological polar surface area (TPSA) is 125 Å². The summed E-state index contributed by atoms with van der Waals surface area (Å²) >= 11 is 7.73. The predicted molar refractivity (Wildman–Crippen MR) is 141 cm³/mol. The normalized spacial score (nSPS) is 24.0. The maximum atomic E-state index is 6.65. The van der Waals surface area contributed by atoms with Gasteiger partial charge in [-0.25, -0.2) is 20.0 Å². The van der Waals surface area contributed by atoms with Gasteiger partial charge in [-0.1, -0.05) is 0 Å². The summed E-state index contributed by atoms with van der Waals surface area (Å²) in [4.78, 5) is 23.0. The maximum Gasteiger partial charge on any atom is 0.225 e. The molecule has 0 bridgehead atoms. The van der Waals surface area contributed by atoms with E-state index in [4.69, 9.17) is 28.1 Å². The zero-order chi connectivity index (χ0) is 24.2. The van der Waals surface area contributed by atoms with Gasteiger partial charge in [-0.05, 0) is 80.4 Å². The fourth-order valence-corrected chi connectivity index (χ4v) is 6.41. The van der Waals surface area contributed by atoms with E-state index in [1.54, 1.807) is 11.2 Å². The summed E-state index contributed by atoms with van der Waals surface area (Å²) in [5.41, 5.74) is 18.6. The lowest BCUT2D eigenvalue weighted by Crippen LogP contribution is -2.53. The van der Waals surface area contributed by atoms with Crippen molar-refractivity contribution >= 4 is 50.7 Å². The monoisotopic (exact) mass is 512 g/mol. The van der Waals surface area contributed by atoms with Crippen molar-refractivity contribution in [1.82, 2.24) is 25.3 Å². The quantitative estimate of drug-likeness (QED) is 0.452. The molecule has 3 aromatic rings. The number of pyridine rings is 1. The molecule has 0 aliphatic carbocycles. The minimum absolute atomic E-state index is 0.137. The van der Waals surface area contributed by atoms with Crippen molar-refractivity contribution < 1.29 is 0 Å². The number of nitrogens with zero attached hydrogens (tertiary/aromatic N) is 7. The van der Waals surface area contributed by atoms with E-state index < -0.39 is 5.79 Å². The number of rotatable bonds is 4. The molecule has 1 atom stereocenters. The van der Waals surface area contributed by atoms with Crippen LogP contribution in [0, 0.1) is 6.92 Å². The molecule has 10 nitrogen and oxygen atoms in total. The summed E-state index contributed by atoms with van der Waals surface area (Å²) in [7, 11) is 0. The van der Waals surface area contributed by atoms with Crippen LogP contribution in [0.1, 0.15) is 36.8 Å². The Morgan fingerprint density at radius 3 is 2.63 bits per heavy atom. The molecule has 0 amide bonds. The number of anilines is 2. The molecular weight excluding hydrogens is 484 g/mol.